The van der Waals surface area contributed by atoms with Crippen LogP contribution in [0.25, 0.3) is 0 Å². The summed E-state index contributed by atoms with van der Waals surface area (Å²) in [7, 11) is 0. The van der Waals surface area contributed by atoms with E-state index in [1.54, 1.807) is 42.8 Å². The number of pyridine rings is 1. The summed E-state index contributed by atoms with van der Waals surface area (Å²) in [6.45, 7) is 3.86. The molecule has 0 spiro atoms. The lowest BCUT2D eigenvalue weighted by Crippen LogP contribution is -2.27. The third-order valence-corrected chi connectivity index (χ3v) is 5.64. The second kappa shape index (κ2) is 8.74. The zero-order chi connectivity index (χ0) is 22.8. The van der Waals surface area contributed by atoms with Crippen LogP contribution < -0.4 is 10.6 Å². The monoisotopic (exact) mass is 434 g/mol. The molecule has 0 aliphatic carbocycles. The molecule has 3 heterocycles. The SMILES string of the molecule is Cc1cc(NC(=O)c2c(C)c(C(=O)C(=O)Nc3cccnc3)n3c2CCCC3)ccc1F. The van der Waals surface area contributed by atoms with Crippen LogP contribution in [-0.2, 0) is 17.8 Å². The van der Waals surface area contributed by atoms with Crippen LogP contribution in [0, 0.1) is 19.7 Å². The van der Waals surface area contributed by atoms with Gasteiger partial charge in [-0.25, -0.2) is 4.39 Å². The number of hydrogen-bond acceptors (Lipinski definition) is 4. The summed E-state index contributed by atoms with van der Waals surface area (Å²) in [4.78, 5) is 42.8. The minimum Gasteiger partial charge on any atom is -0.341 e. The van der Waals surface area contributed by atoms with Gasteiger partial charge in [0.15, 0.2) is 0 Å². The van der Waals surface area contributed by atoms with Gasteiger partial charge in [-0.15, -0.1) is 0 Å². The average Bonchev–Trinajstić information content (AvgIpc) is 3.08. The Bertz CT molecular complexity index is 1220. The molecule has 7 nitrogen and oxygen atoms in total. The van der Waals surface area contributed by atoms with Gasteiger partial charge in [0, 0.05) is 24.1 Å². The molecule has 0 radical (unpaired) electrons. The molecule has 0 saturated heterocycles. The Kier molecular flexibility index (Phi) is 5.85. The van der Waals surface area contributed by atoms with E-state index in [0.29, 0.717) is 41.0 Å². The molecule has 1 aromatic carbocycles. The van der Waals surface area contributed by atoms with Crippen LogP contribution in [0.2, 0.25) is 0 Å². The van der Waals surface area contributed by atoms with Crippen molar-refractivity contribution in [2.45, 2.75) is 39.7 Å². The number of fused-ring (bicyclic) bond motifs is 1. The van der Waals surface area contributed by atoms with E-state index in [4.69, 9.17) is 0 Å². The van der Waals surface area contributed by atoms with Gasteiger partial charge in [0.25, 0.3) is 17.6 Å². The van der Waals surface area contributed by atoms with E-state index in [1.807, 2.05) is 0 Å². The summed E-state index contributed by atoms with van der Waals surface area (Å²) < 4.78 is 15.4. The molecular formula is C24H23FN4O3. The Morgan fingerprint density at radius 2 is 1.88 bits per heavy atom. The van der Waals surface area contributed by atoms with Crippen LogP contribution >= 0.6 is 0 Å². The first kappa shape index (κ1) is 21.4. The Labute approximate surface area is 184 Å². The van der Waals surface area contributed by atoms with Gasteiger partial charge >= 0.3 is 0 Å². The molecule has 0 bridgehead atoms. The number of carbonyl (C=O) groups is 3. The first-order valence-electron chi connectivity index (χ1n) is 10.4. The minimum atomic E-state index is -0.784. The lowest BCUT2D eigenvalue weighted by atomic mass is 10.0. The number of ketones is 1. The van der Waals surface area contributed by atoms with Gasteiger partial charge in [0.2, 0.25) is 0 Å². The molecule has 2 aromatic heterocycles. The van der Waals surface area contributed by atoms with Crippen LogP contribution in [0.5, 0.6) is 0 Å². The first-order valence-corrected chi connectivity index (χ1v) is 10.4. The zero-order valence-electron chi connectivity index (χ0n) is 17.9. The predicted octanol–water partition coefficient (Wildman–Crippen LogP) is 4.05. The number of nitrogens with one attached hydrogen (secondary N) is 2. The molecule has 32 heavy (non-hydrogen) atoms. The van der Waals surface area contributed by atoms with Crippen LogP contribution in [0.15, 0.2) is 42.7 Å². The number of rotatable bonds is 5. The van der Waals surface area contributed by atoms with Crippen molar-refractivity contribution in [2.75, 3.05) is 10.6 Å². The minimum absolute atomic E-state index is 0.224. The number of nitrogens with zero attached hydrogens (tertiary/aromatic N) is 2. The molecule has 1 aliphatic rings. The van der Waals surface area contributed by atoms with Crippen LogP contribution in [-0.4, -0.2) is 27.1 Å². The van der Waals surface area contributed by atoms with Gasteiger partial charge in [-0.1, -0.05) is 0 Å². The largest absolute Gasteiger partial charge is 0.341 e. The fourth-order valence-electron chi connectivity index (χ4n) is 4.12. The lowest BCUT2D eigenvalue weighted by Gasteiger charge is -2.18. The van der Waals surface area contributed by atoms with E-state index >= 15 is 0 Å². The van der Waals surface area contributed by atoms with Gasteiger partial charge in [-0.05, 0) is 74.6 Å². The molecular weight excluding hydrogens is 411 g/mol. The van der Waals surface area contributed by atoms with Gasteiger partial charge in [-0.3, -0.25) is 19.4 Å². The molecule has 1 aliphatic heterocycles. The highest BCUT2D eigenvalue weighted by Gasteiger charge is 2.32. The maximum Gasteiger partial charge on any atom is 0.298 e. The molecule has 2 N–H and O–H groups in total. The number of halogens is 1. The molecule has 8 heteroatoms. The summed E-state index contributed by atoms with van der Waals surface area (Å²) in [6.07, 6.45) is 5.38. The molecule has 164 valence electrons. The molecule has 0 atom stereocenters. The van der Waals surface area contributed by atoms with E-state index < -0.39 is 11.7 Å². The fourth-order valence-corrected chi connectivity index (χ4v) is 4.12. The van der Waals surface area contributed by atoms with Crippen molar-refractivity contribution >= 4 is 29.0 Å². The van der Waals surface area contributed by atoms with Crippen molar-refractivity contribution < 1.29 is 18.8 Å². The second-order valence-electron chi connectivity index (χ2n) is 7.85. The van der Waals surface area contributed by atoms with Crippen molar-refractivity contribution in [1.29, 1.82) is 0 Å². The maximum atomic E-state index is 13.6. The zero-order valence-corrected chi connectivity index (χ0v) is 17.9. The third kappa shape index (κ3) is 4.03. The van der Waals surface area contributed by atoms with Crippen molar-refractivity contribution in [1.82, 2.24) is 9.55 Å². The highest BCUT2D eigenvalue weighted by atomic mass is 19.1. The van der Waals surface area contributed by atoms with E-state index in [9.17, 15) is 18.8 Å². The number of benzene rings is 1. The standard InChI is InChI=1S/C24H23FN4O3/c1-14-12-16(8-9-18(14)25)27-23(31)20-15(2)21(29-11-4-3-7-19(20)29)22(30)24(32)28-17-6-5-10-26-13-17/h5-6,8-10,12-13H,3-4,7,11H2,1-2H3,(H,27,31)(H,28,32). The molecule has 4 rings (SSSR count). The molecule has 0 saturated carbocycles. The Morgan fingerprint density at radius 3 is 2.59 bits per heavy atom. The Morgan fingerprint density at radius 1 is 1.06 bits per heavy atom. The van der Waals surface area contributed by atoms with Crippen LogP contribution in [0.4, 0.5) is 15.8 Å². The van der Waals surface area contributed by atoms with Gasteiger partial charge in [0.05, 0.1) is 23.1 Å². The normalized spacial score (nSPS) is 12.7. The quantitative estimate of drug-likeness (QED) is 0.468. The number of carbonyl (C=O) groups excluding carboxylic acids is 3. The lowest BCUT2D eigenvalue weighted by molar-refractivity contribution is -0.112. The summed E-state index contributed by atoms with van der Waals surface area (Å²) in [6, 6.07) is 7.64. The van der Waals surface area contributed by atoms with Crippen LogP contribution in [0.3, 0.4) is 0 Å². The van der Waals surface area contributed by atoms with E-state index in [-0.39, 0.29) is 17.4 Å². The van der Waals surface area contributed by atoms with Gasteiger partial charge < -0.3 is 15.2 Å². The highest BCUT2D eigenvalue weighted by Crippen LogP contribution is 2.30. The topological polar surface area (TPSA) is 93.1 Å². The summed E-state index contributed by atoms with van der Waals surface area (Å²) in [5.41, 5.74) is 3.11. The molecule has 2 amide bonds. The number of aromatic nitrogens is 2. The maximum absolute atomic E-state index is 13.6. The summed E-state index contributed by atoms with van der Waals surface area (Å²) in [5, 5.41) is 5.36. The molecule has 0 unspecified atom stereocenters. The van der Waals surface area contributed by atoms with Crippen molar-refractivity contribution in [2.24, 2.45) is 0 Å². The number of aryl methyl sites for hydroxylation is 1. The van der Waals surface area contributed by atoms with Crippen LogP contribution in [0.1, 0.15) is 50.5 Å². The van der Waals surface area contributed by atoms with E-state index in [0.717, 1.165) is 18.5 Å². The van der Waals surface area contributed by atoms with Gasteiger partial charge in [0.1, 0.15) is 5.82 Å². The number of Topliss-reactive ketones (excluding diaryl/α,β-unsaturated/α-hetero) is 1. The van der Waals surface area contributed by atoms with E-state index in [1.165, 1.54) is 18.3 Å². The Hall–Kier alpha value is -3.81. The first-order chi connectivity index (χ1) is 15.4. The van der Waals surface area contributed by atoms with Gasteiger partial charge in [-0.2, -0.15) is 0 Å². The molecule has 0 fully saturated rings. The fraction of sp³-hybridized carbons (Fsp3) is 0.250. The average molecular weight is 434 g/mol. The number of hydrogen-bond donors (Lipinski definition) is 2. The third-order valence-electron chi connectivity index (χ3n) is 5.64. The number of anilines is 2. The molecule has 3 aromatic rings. The number of amides is 2. The smallest absolute Gasteiger partial charge is 0.298 e. The Balaban J connectivity index is 1.67. The highest BCUT2D eigenvalue weighted by molar-refractivity contribution is 6.46. The second-order valence-corrected chi connectivity index (χ2v) is 7.85. The summed E-state index contributed by atoms with van der Waals surface area (Å²) >= 11 is 0. The summed E-state index contributed by atoms with van der Waals surface area (Å²) in [5.74, 6) is -2.22. The van der Waals surface area contributed by atoms with E-state index in [2.05, 4.69) is 15.6 Å². The van der Waals surface area contributed by atoms with Crippen molar-refractivity contribution in [3.05, 3.63) is 76.6 Å². The predicted molar refractivity (Wildman–Crippen MR) is 118 cm³/mol. The van der Waals surface area contributed by atoms with Crippen molar-refractivity contribution in [3.63, 3.8) is 0 Å². The van der Waals surface area contributed by atoms with Crippen molar-refractivity contribution in [3.8, 4) is 0 Å².